The van der Waals surface area contributed by atoms with Crippen molar-refractivity contribution in [3.05, 3.63) is 47.2 Å². The third-order valence-corrected chi connectivity index (χ3v) is 4.80. The van der Waals surface area contributed by atoms with Crippen LogP contribution in [0, 0.1) is 13.8 Å². The van der Waals surface area contributed by atoms with Crippen molar-refractivity contribution in [2.45, 2.75) is 26.6 Å². The first-order valence-electron chi connectivity index (χ1n) is 9.08. The van der Waals surface area contributed by atoms with Crippen molar-refractivity contribution >= 4 is 35.6 Å². The van der Waals surface area contributed by atoms with E-state index in [0.717, 1.165) is 23.5 Å². The SMILES string of the molecule is CN=C(NCc1nc(C)c(C)o1)N1CCN(c2cccc(C(F)(F)F)c2)CC1.I. The quantitative estimate of drug-likeness (QED) is 0.377. The molecule has 0 spiro atoms. The topological polar surface area (TPSA) is 56.9 Å². The number of benzene rings is 1. The number of oxazole rings is 1. The maximum absolute atomic E-state index is 12.9. The highest BCUT2D eigenvalue weighted by atomic mass is 127. The van der Waals surface area contributed by atoms with E-state index in [1.807, 2.05) is 18.7 Å². The highest BCUT2D eigenvalue weighted by molar-refractivity contribution is 14.0. The molecule has 0 unspecified atom stereocenters. The number of piperazine rings is 1. The number of aliphatic imine (C=N–C) groups is 1. The smallest absolute Gasteiger partial charge is 0.416 e. The van der Waals surface area contributed by atoms with Crippen LogP contribution < -0.4 is 10.2 Å². The largest absolute Gasteiger partial charge is 0.444 e. The van der Waals surface area contributed by atoms with Crippen LogP contribution in [0.4, 0.5) is 18.9 Å². The molecule has 0 amide bonds. The molecule has 1 fully saturated rings. The summed E-state index contributed by atoms with van der Waals surface area (Å²) in [4.78, 5) is 12.7. The fraction of sp³-hybridized carbons (Fsp3) is 0.474. The highest BCUT2D eigenvalue weighted by Gasteiger charge is 2.31. The minimum atomic E-state index is -4.33. The first-order valence-corrected chi connectivity index (χ1v) is 9.08. The van der Waals surface area contributed by atoms with Crippen LogP contribution in [0.15, 0.2) is 33.7 Å². The number of anilines is 1. The highest BCUT2D eigenvalue weighted by Crippen LogP contribution is 2.31. The molecule has 1 aromatic heterocycles. The summed E-state index contributed by atoms with van der Waals surface area (Å²) in [5, 5.41) is 3.23. The van der Waals surface area contributed by atoms with Crippen LogP contribution >= 0.6 is 24.0 Å². The van der Waals surface area contributed by atoms with Crippen LogP contribution in [0.5, 0.6) is 0 Å². The Morgan fingerprint density at radius 3 is 2.45 bits per heavy atom. The lowest BCUT2D eigenvalue weighted by molar-refractivity contribution is -0.137. The van der Waals surface area contributed by atoms with Crippen molar-refractivity contribution < 1.29 is 17.6 Å². The van der Waals surface area contributed by atoms with Gasteiger partial charge in [-0.15, -0.1) is 24.0 Å². The molecule has 0 aliphatic carbocycles. The van der Waals surface area contributed by atoms with Crippen LogP contribution in [0.25, 0.3) is 0 Å². The van der Waals surface area contributed by atoms with Gasteiger partial charge >= 0.3 is 6.18 Å². The maximum atomic E-state index is 12.9. The van der Waals surface area contributed by atoms with Crippen molar-refractivity contribution in [2.24, 2.45) is 4.99 Å². The molecule has 1 aliphatic rings. The van der Waals surface area contributed by atoms with Crippen molar-refractivity contribution in [2.75, 3.05) is 38.1 Å². The zero-order chi connectivity index (χ0) is 20.3. The summed E-state index contributed by atoms with van der Waals surface area (Å²) in [6.45, 7) is 6.71. The fourth-order valence-corrected chi connectivity index (χ4v) is 3.16. The molecule has 29 heavy (non-hydrogen) atoms. The van der Waals surface area contributed by atoms with Gasteiger partial charge in [-0.25, -0.2) is 4.98 Å². The Bertz CT molecular complexity index is 825. The predicted molar refractivity (Wildman–Crippen MR) is 117 cm³/mol. The molecule has 1 aromatic carbocycles. The third-order valence-electron chi connectivity index (χ3n) is 4.80. The van der Waals surface area contributed by atoms with Crippen molar-refractivity contribution in [3.8, 4) is 0 Å². The summed E-state index contributed by atoms with van der Waals surface area (Å²) in [5.41, 5.74) is 0.825. The molecule has 1 saturated heterocycles. The normalized spacial score (nSPS) is 15.3. The predicted octanol–water partition coefficient (Wildman–Crippen LogP) is 3.83. The summed E-state index contributed by atoms with van der Waals surface area (Å²) < 4.78 is 44.4. The summed E-state index contributed by atoms with van der Waals surface area (Å²) in [5.74, 6) is 2.11. The van der Waals surface area contributed by atoms with E-state index >= 15 is 0 Å². The summed E-state index contributed by atoms with van der Waals surface area (Å²) in [6.07, 6.45) is -4.33. The number of guanidine groups is 1. The van der Waals surface area contributed by atoms with E-state index in [9.17, 15) is 13.2 Å². The molecule has 0 bridgehead atoms. The van der Waals surface area contributed by atoms with Crippen LogP contribution in [0.2, 0.25) is 0 Å². The van der Waals surface area contributed by atoms with Crippen LogP contribution in [-0.4, -0.2) is 49.1 Å². The van der Waals surface area contributed by atoms with Gasteiger partial charge in [0.25, 0.3) is 0 Å². The molecule has 1 N–H and O–H groups in total. The number of alkyl halides is 3. The lowest BCUT2D eigenvalue weighted by atomic mass is 10.1. The minimum Gasteiger partial charge on any atom is -0.444 e. The Morgan fingerprint density at radius 2 is 1.90 bits per heavy atom. The number of halogens is 4. The first kappa shape index (κ1) is 23.3. The summed E-state index contributed by atoms with van der Waals surface area (Å²) in [7, 11) is 1.70. The molecule has 0 atom stereocenters. The fourth-order valence-electron chi connectivity index (χ4n) is 3.16. The van der Waals surface area contributed by atoms with E-state index < -0.39 is 11.7 Å². The number of rotatable bonds is 3. The zero-order valence-electron chi connectivity index (χ0n) is 16.6. The average molecular weight is 523 g/mol. The number of nitrogens with one attached hydrogen (secondary N) is 1. The maximum Gasteiger partial charge on any atom is 0.416 e. The van der Waals surface area contributed by atoms with Crippen LogP contribution in [0.3, 0.4) is 0 Å². The van der Waals surface area contributed by atoms with E-state index in [2.05, 4.69) is 20.2 Å². The first-order chi connectivity index (χ1) is 13.3. The van der Waals surface area contributed by atoms with Gasteiger partial charge < -0.3 is 19.5 Å². The van der Waals surface area contributed by atoms with E-state index in [4.69, 9.17) is 4.42 Å². The molecule has 2 aromatic rings. The molecule has 10 heteroatoms. The molecule has 2 heterocycles. The minimum absolute atomic E-state index is 0. The molecule has 0 saturated carbocycles. The molecule has 3 rings (SSSR count). The van der Waals surface area contributed by atoms with Gasteiger partial charge in [0.05, 0.1) is 17.8 Å². The van der Waals surface area contributed by atoms with Gasteiger partial charge in [0.1, 0.15) is 5.76 Å². The van der Waals surface area contributed by atoms with Crippen molar-refractivity contribution in [3.63, 3.8) is 0 Å². The van der Waals surface area contributed by atoms with Gasteiger partial charge in [-0.05, 0) is 32.0 Å². The number of aryl methyl sites for hydroxylation is 2. The number of hydrogen-bond acceptors (Lipinski definition) is 4. The lowest BCUT2D eigenvalue weighted by Crippen LogP contribution is -2.52. The Balaban J connectivity index is 0.00000300. The number of nitrogens with zero attached hydrogens (tertiary/aromatic N) is 4. The Kier molecular flexibility index (Phi) is 7.78. The Morgan fingerprint density at radius 1 is 1.21 bits per heavy atom. The van der Waals surface area contributed by atoms with Crippen LogP contribution in [0.1, 0.15) is 22.9 Å². The van der Waals surface area contributed by atoms with Crippen LogP contribution in [-0.2, 0) is 12.7 Å². The number of hydrogen-bond donors (Lipinski definition) is 1. The van der Waals surface area contributed by atoms with Gasteiger partial charge in [0.2, 0.25) is 5.89 Å². The zero-order valence-corrected chi connectivity index (χ0v) is 18.9. The Labute approximate surface area is 185 Å². The van der Waals surface area contributed by atoms with Gasteiger partial charge in [-0.2, -0.15) is 13.2 Å². The van der Waals surface area contributed by atoms with Gasteiger partial charge in [0.15, 0.2) is 5.96 Å². The van der Waals surface area contributed by atoms with Crippen molar-refractivity contribution in [1.82, 2.24) is 15.2 Å². The van der Waals surface area contributed by atoms with Gasteiger partial charge in [-0.3, -0.25) is 4.99 Å². The average Bonchev–Trinajstić information content (AvgIpc) is 3.00. The van der Waals surface area contributed by atoms with Gasteiger partial charge in [-0.1, -0.05) is 6.07 Å². The monoisotopic (exact) mass is 523 g/mol. The standard InChI is InChI=1S/C19H24F3N5O.HI/c1-13-14(2)28-17(25-13)12-24-18(23-3)27-9-7-26(8-10-27)16-6-4-5-15(11-16)19(20,21)22;/h4-6,11H,7-10,12H2,1-3H3,(H,23,24);1H. The molecule has 0 radical (unpaired) electrons. The molecule has 160 valence electrons. The molecule has 6 nitrogen and oxygen atoms in total. The van der Waals surface area contributed by atoms with E-state index in [-0.39, 0.29) is 24.0 Å². The van der Waals surface area contributed by atoms with E-state index in [1.54, 1.807) is 13.1 Å². The second-order valence-electron chi connectivity index (χ2n) is 6.67. The second kappa shape index (κ2) is 9.68. The summed E-state index contributed by atoms with van der Waals surface area (Å²) >= 11 is 0. The second-order valence-corrected chi connectivity index (χ2v) is 6.67. The molecular formula is C19H25F3IN5O. The third kappa shape index (κ3) is 5.77. The van der Waals surface area contributed by atoms with E-state index in [0.29, 0.717) is 44.3 Å². The molecular weight excluding hydrogens is 498 g/mol. The summed E-state index contributed by atoms with van der Waals surface area (Å²) in [6, 6.07) is 5.46. The van der Waals surface area contributed by atoms with Gasteiger partial charge in [0, 0.05) is 38.9 Å². The molecule has 1 aliphatic heterocycles. The lowest BCUT2D eigenvalue weighted by Gasteiger charge is -2.37. The van der Waals surface area contributed by atoms with Crippen molar-refractivity contribution in [1.29, 1.82) is 0 Å². The Hall–Kier alpha value is -1.98. The number of aromatic nitrogens is 1. The van der Waals surface area contributed by atoms with E-state index in [1.165, 1.54) is 12.1 Å².